The number of amides is 1. The summed E-state index contributed by atoms with van der Waals surface area (Å²) in [5.41, 5.74) is 10.5. The average Bonchev–Trinajstić information content (AvgIpc) is 2.51. The molecule has 4 nitrogen and oxygen atoms in total. The van der Waals surface area contributed by atoms with Gasteiger partial charge in [0.2, 0.25) is 5.91 Å². The smallest absolute Gasteiger partial charge is 0.227 e. The third kappa shape index (κ3) is 2.41. The number of benzene rings is 1. The summed E-state index contributed by atoms with van der Waals surface area (Å²) in [6.07, 6.45) is 4.74. The zero-order valence-corrected chi connectivity index (χ0v) is 12.5. The molecule has 0 radical (unpaired) electrons. The molecule has 0 unspecified atom stereocenters. The monoisotopic (exact) mass is 301 g/mol. The summed E-state index contributed by atoms with van der Waals surface area (Å²) < 4.78 is 0. The van der Waals surface area contributed by atoms with Crippen LogP contribution in [0.4, 0.5) is 5.69 Å². The van der Waals surface area contributed by atoms with Crippen LogP contribution in [0.1, 0.15) is 17.5 Å². The molecule has 0 spiro atoms. The third-order valence-electron chi connectivity index (χ3n) is 3.91. The van der Waals surface area contributed by atoms with Crippen molar-refractivity contribution in [3.8, 4) is 11.1 Å². The van der Waals surface area contributed by atoms with Crippen molar-refractivity contribution in [1.82, 2.24) is 4.98 Å². The van der Waals surface area contributed by atoms with Gasteiger partial charge in [-0.2, -0.15) is 0 Å². The van der Waals surface area contributed by atoms with E-state index in [0.29, 0.717) is 18.0 Å². The van der Waals surface area contributed by atoms with Gasteiger partial charge in [0.15, 0.2) is 0 Å². The lowest BCUT2D eigenvalue weighted by Gasteiger charge is -2.26. The Morgan fingerprint density at radius 2 is 2.14 bits per heavy atom. The van der Waals surface area contributed by atoms with Crippen LogP contribution in [0.2, 0.25) is 5.02 Å². The minimum atomic E-state index is 0.153. The number of nitrogens with zero attached hydrogens (tertiary/aromatic N) is 2. The number of anilines is 1. The van der Waals surface area contributed by atoms with E-state index in [4.69, 9.17) is 17.3 Å². The first-order valence-corrected chi connectivity index (χ1v) is 7.22. The van der Waals surface area contributed by atoms with Crippen LogP contribution in [0.5, 0.6) is 0 Å². The molecule has 3 rings (SSSR count). The summed E-state index contributed by atoms with van der Waals surface area (Å²) in [5.74, 6) is 0.153. The lowest BCUT2D eigenvalue weighted by molar-refractivity contribution is -0.118. The Balaban J connectivity index is 2.08. The van der Waals surface area contributed by atoms with E-state index >= 15 is 0 Å². The molecule has 0 bridgehead atoms. The number of pyridine rings is 1. The zero-order valence-electron chi connectivity index (χ0n) is 11.8. The average molecular weight is 302 g/mol. The van der Waals surface area contributed by atoms with E-state index < -0.39 is 0 Å². The third-order valence-corrected chi connectivity index (χ3v) is 4.35. The molecule has 1 aromatic heterocycles. The Morgan fingerprint density at radius 3 is 2.90 bits per heavy atom. The molecule has 0 aliphatic carbocycles. The number of aryl methyl sites for hydroxylation is 1. The number of rotatable bonds is 2. The van der Waals surface area contributed by atoms with E-state index in [1.165, 1.54) is 0 Å². The molecule has 2 heterocycles. The van der Waals surface area contributed by atoms with Crippen LogP contribution in [0, 0.1) is 0 Å². The Labute approximate surface area is 128 Å². The molecule has 2 aromatic rings. The van der Waals surface area contributed by atoms with Crippen LogP contribution < -0.4 is 10.6 Å². The van der Waals surface area contributed by atoms with Gasteiger partial charge in [-0.1, -0.05) is 17.7 Å². The number of nitrogens with two attached hydrogens (primary N) is 1. The van der Waals surface area contributed by atoms with Gasteiger partial charge < -0.3 is 10.6 Å². The standard InChI is InChI=1S/C16H16ClN3O/c1-20-14-4-2-10(6-11(14)3-5-15(20)21)13-9-19-8-12(7-18)16(13)17/h2,4,6,8-9H,3,5,7,18H2,1H3. The van der Waals surface area contributed by atoms with Crippen molar-refractivity contribution >= 4 is 23.2 Å². The van der Waals surface area contributed by atoms with E-state index in [1.807, 2.05) is 19.2 Å². The summed E-state index contributed by atoms with van der Waals surface area (Å²) >= 11 is 6.39. The zero-order chi connectivity index (χ0) is 15.0. The molecule has 0 atom stereocenters. The van der Waals surface area contributed by atoms with Gasteiger partial charge in [0.25, 0.3) is 0 Å². The van der Waals surface area contributed by atoms with Gasteiger partial charge in [-0.25, -0.2) is 0 Å². The first-order chi connectivity index (χ1) is 10.1. The van der Waals surface area contributed by atoms with Crippen molar-refractivity contribution < 1.29 is 4.79 Å². The maximum atomic E-state index is 11.7. The van der Waals surface area contributed by atoms with Gasteiger partial charge in [0.05, 0.1) is 5.02 Å². The topological polar surface area (TPSA) is 59.2 Å². The molecular formula is C16H16ClN3O. The van der Waals surface area contributed by atoms with Gasteiger partial charge in [0, 0.05) is 49.2 Å². The molecule has 21 heavy (non-hydrogen) atoms. The van der Waals surface area contributed by atoms with Crippen LogP contribution in [0.25, 0.3) is 11.1 Å². The Kier molecular flexibility index (Phi) is 3.66. The highest BCUT2D eigenvalue weighted by atomic mass is 35.5. The number of aromatic nitrogens is 1. The number of hydrogen-bond acceptors (Lipinski definition) is 3. The van der Waals surface area contributed by atoms with Crippen LogP contribution in [0.15, 0.2) is 30.6 Å². The molecule has 0 saturated heterocycles. The van der Waals surface area contributed by atoms with Crippen LogP contribution in [0.3, 0.4) is 0 Å². The number of carbonyl (C=O) groups excluding carboxylic acids is 1. The maximum Gasteiger partial charge on any atom is 0.227 e. The molecule has 5 heteroatoms. The first-order valence-electron chi connectivity index (χ1n) is 6.84. The molecule has 0 fully saturated rings. The molecule has 108 valence electrons. The SMILES string of the molecule is CN1C(=O)CCc2cc(-c3cncc(CN)c3Cl)ccc21. The second-order valence-corrected chi connectivity index (χ2v) is 5.54. The number of fused-ring (bicyclic) bond motifs is 1. The van der Waals surface area contributed by atoms with Crippen LogP contribution >= 0.6 is 11.6 Å². The minimum absolute atomic E-state index is 0.153. The van der Waals surface area contributed by atoms with Gasteiger partial charge in [0.1, 0.15) is 0 Å². The van der Waals surface area contributed by atoms with E-state index in [0.717, 1.165) is 34.4 Å². The second kappa shape index (κ2) is 5.47. The molecule has 2 N–H and O–H groups in total. The summed E-state index contributed by atoms with van der Waals surface area (Å²) in [7, 11) is 1.81. The van der Waals surface area contributed by atoms with Crippen LogP contribution in [-0.4, -0.2) is 17.9 Å². The lowest BCUT2D eigenvalue weighted by atomic mass is 9.96. The van der Waals surface area contributed by atoms with Gasteiger partial charge in [-0.05, 0) is 29.7 Å². The Bertz CT molecular complexity index is 715. The van der Waals surface area contributed by atoms with E-state index in [1.54, 1.807) is 17.3 Å². The molecule has 0 saturated carbocycles. The molecular weight excluding hydrogens is 286 g/mol. The van der Waals surface area contributed by atoms with Crippen molar-refractivity contribution in [2.45, 2.75) is 19.4 Å². The second-order valence-electron chi connectivity index (χ2n) is 5.16. The highest BCUT2D eigenvalue weighted by Gasteiger charge is 2.21. The van der Waals surface area contributed by atoms with Gasteiger partial charge >= 0.3 is 0 Å². The Hall–Kier alpha value is -1.91. The number of hydrogen-bond donors (Lipinski definition) is 1. The predicted octanol–water partition coefficient (Wildman–Crippen LogP) is 2.77. The summed E-state index contributed by atoms with van der Waals surface area (Å²) in [6, 6.07) is 6.02. The molecule has 1 aliphatic rings. The van der Waals surface area contributed by atoms with Crippen molar-refractivity contribution in [3.63, 3.8) is 0 Å². The van der Waals surface area contributed by atoms with E-state index in [-0.39, 0.29) is 5.91 Å². The Morgan fingerprint density at radius 1 is 1.33 bits per heavy atom. The van der Waals surface area contributed by atoms with Crippen molar-refractivity contribution in [2.75, 3.05) is 11.9 Å². The summed E-state index contributed by atoms with van der Waals surface area (Å²) in [4.78, 5) is 17.6. The fourth-order valence-corrected chi connectivity index (χ4v) is 2.94. The molecule has 1 aromatic carbocycles. The van der Waals surface area contributed by atoms with E-state index in [2.05, 4.69) is 11.1 Å². The maximum absolute atomic E-state index is 11.7. The largest absolute Gasteiger partial charge is 0.326 e. The molecule has 1 amide bonds. The highest BCUT2D eigenvalue weighted by molar-refractivity contribution is 6.34. The lowest BCUT2D eigenvalue weighted by Crippen LogP contribution is -2.30. The predicted molar refractivity (Wildman–Crippen MR) is 84.3 cm³/mol. The van der Waals surface area contributed by atoms with Crippen molar-refractivity contribution in [3.05, 3.63) is 46.7 Å². The fourth-order valence-electron chi connectivity index (χ4n) is 2.66. The number of carbonyl (C=O) groups is 1. The number of halogens is 1. The fraction of sp³-hybridized carbons (Fsp3) is 0.250. The minimum Gasteiger partial charge on any atom is -0.326 e. The highest BCUT2D eigenvalue weighted by Crippen LogP contribution is 2.34. The molecule has 1 aliphatic heterocycles. The summed E-state index contributed by atoms with van der Waals surface area (Å²) in [5, 5.41) is 0.646. The van der Waals surface area contributed by atoms with Gasteiger partial charge in [-0.3, -0.25) is 9.78 Å². The van der Waals surface area contributed by atoms with Gasteiger partial charge in [-0.15, -0.1) is 0 Å². The van der Waals surface area contributed by atoms with Crippen molar-refractivity contribution in [1.29, 1.82) is 0 Å². The summed E-state index contributed by atoms with van der Waals surface area (Å²) in [6.45, 7) is 0.363. The first kappa shape index (κ1) is 14.0. The van der Waals surface area contributed by atoms with E-state index in [9.17, 15) is 4.79 Å². The van der Waals surface area contributed by atoms with Crippen LogP contribution in [-0.2, 0) is 17.8 Å². The normalized spacial score (nSPS) is 14.2. The van der Waals surface area contributed by atoms with Crippen molar-refractivity contribution in [2.24, 2.45) is 5.73 Å². The quantitative estimate of drug-likeness (QED) is 0.928.